The molecule has 164 valence electrons. The van der Waals surface area contributed by atoms with Crippen LogP contribution in [0.25, 0.3) is 0 Å². The highest BCUT2D eigenvalue weighted by Crippen LogP contribution is 2.73. The molecule has 8 heteroatoms. The summed E-state index contributed by atoms with van der Waals surface area (Å²) in [6, 6.07) is 0. The molecular weight excluding hydrogens is 390 g/mol. The van der Waals surface area contributed by atoms with Crippen LogP contribution in [0.3, 0.4) is 0 Å². The lowest BCUT2D eigenvalue weighted by atomic mass is 9.49. The van der Waals surface area contributed by atoms with Crippen LogP contribution in [-0.2, 0) is 11.3 Å². The van der Waals surface area contributed by atoms with Crippen molar-refractivity contribution in [3.05, 3.63) is 6.33 Å². The number of aromatic nitrogens is 4. The van der Waals surface area contributed by atoms with Crippen LogP contribution < -0.4 is 0 Å². The van der Waals surface area contributed by atoms with Crippen LogP contribution in [0.4, 0.5) is 8.78 Å². The van der Waals surface area contributed by atoms with E-state index in [0.717, 1.165) is 44.9 Å². The number of carbonyl (C=O) groups is 1. The van der Waals surface area contributed by atoms with Gasteiger partial charge in [0.1, 0.15) is 12.1 Å². The summed E-state index contributed by atoms with van der Waals surface area (Å²) in [6.07, 6.45) is 8.11. The zero-order valence-electron chi connectivity index (χ0n) is 17.4. The maximum atomic E-state index is 14.3. The number of halogens is 2. The SMILES string of the molecule is C[C@]12CC[C@@H]3[C@H]4CC[C@@]5(O)C([C@@H]4CC[C@H]3[C@@H]1CC[C@@H]2C(=O)Cn1ncnn1)C5(F)F. The molecule has 1 aromatic rings. The Morgan fingerprint density at radius 1 is 1.07 bits per heavy atom. The molecule has 9 atom stereocenters. The van der Waals surface area contributed by atoms with Crippen LogP contribution in [0.1, 0.15) is 58.3 Å². The standard InChI is InChI=1S/C22H30F2N4O2/c1-20-8-6-12-13-7-9-21(30)19(22(21,23)24)15(13)3-2-14(12)16(20)4-5-17(20)18(29)10-28-26-11-25-27-28/h11-17,19,30H,2-10H2,1H3/t12-,13-,14-,15-,16+,17-,19?,20+,21-/m1/s1. The van der Waals surface area contributed by atoms with Crippen LogP contribution >= 0.6 is 0 Å². The van der Waals surface area contributed by atoms with Gasteiger partial charge in [-0.1, -0.05) is 6.92 Å². The number of alkyl halides is 2. The zero-order chi connectivity index (χ0) is 20.9. The Morgan fingerprint density at radius 3 is 2.57 bits per heavy atom. The molecule has 5 aliphatic carbocycles. The summed E-state index contributed by atoms with van der Waals surface area (Å²) in [6.45, 7) is 2.47. The predicted molar refractivity (Wildman–Crippen MR) is 102 cm³/mol. The van der Waals surface area contributed by atoms with Gasteiger partial charge in [-0.25, -0.2) is 8.78 Å². The minimum absolute atomic E-state index is 0.00934. The molecule has 0 amide bonds. The van der Waals surface area contributed by atoms with E-state index in [1.165, 1.54) is 11.1 Å². The maximum Gasteiger partial charge on any atom is 0.282 e. The molecule has 6 rings (SSSR count). The number of aliphatic hydroxyl groups is 1. The summed E-state index contributed by atoms with van der Waals surface area (Å²) in [5.74, 6) is -1.67. The van der Waals surface area contributed by atoms with E-state index >= 15 is 0 Å². The highest BCUT2D eigenvalue weighted by molar-refractivity contribution is 5.81. The van der Waals surface area contributed by atoms with E-state index in [1.807, 2.05) is 0 Å². The van der Waals surface area contributed by atoms with E-state index in [4.69, 9.17) is 0 Å². The monoisotopic (exact) mass is 420 g/mol. The van der Waals surface area contributed by atoms with E-state index in [1.54, 1.807) is 0 Å². The quantitative estimate of drug-likeness (QED) is 0.813. The fourth-order valence-electron chi connectivity index (χ4n) is 8.86. The van der Waals surface area contributed by atoms with Gasteiger partial charge in [-0.05, 0) is 91.6 Å². The number of ketones is 1. The van der Waals surface area contributed by atoms with Crippen molar-refractivity contribution in [3.63, 3.8) is 0 Å². The summed E-state index contributed by atoms with van der Waals surface area (Å²) >= 11 is 0. The van der Waals surface area contributed by atoms with Gasteiger partial charge < -0.3 is 5.11 Å². The third kappa shape index (κ3) is 2.32. The van der Waals surface area contributed by atoms with E-state index in [0.29, 0.717) is 23.7 Å². The van der Waals surface area contributed by atoms with Gasteiger partial charge in [-0.15, -0.1) is 10.2 Å². The van der Waals surface area contributed by atoms with Crippen LogP contribution in [0.5, 0.6) is 0 Å². The molecule has 1 unspecified atom stereocenters. The Kier molecular flexibility index (Phi) is 3.90. The molecule has 5 fully saturated rings. The van der Waals surface area contributed by atoms with E-state index in [9.17, 15) is 18.7 Å². The smallest absolute Gasteiger partial charge is 0.282 e. The van der Waals surface area contributed by atoms with Gasteiger partial charge in [0.05, 0.1) is 5.92 Å². The predicted octanol–water partition coefficient (Wildman–Crippen LogP) is 3.12. The van der Waals surface area contributed by atoms with E-state index in [-0.39, 0.29) is 36.0 Å². The second-order valence-corrected chi connectivity index (χ2v) is 11.0. The first-order valence-corrected chi connectivity index (χ1v) is 11.6. The van der Waals surface area contributed by atoms with Crippen molar-refractivity contribution in [2.45, 2.75) is 76.4 Å². The van der Waals surface area contributed by atoms with Crippen molar-refractivity contribution in [1.29, 1.82) is 0 Å². The molecule has 1 N–H and O–H groups in total. The zero-order valence-corrected chi connectivity index (χ0v) is 17.4. The third-order valence-electron chi connectivity index (χ3n) is 10.2. The summed E-state index contributed by atoms with van der Waals surface area (Å²) in [7, 11) is 0. The molecule has 0 radical (unpaired) electrons. The van der Waals surface area contributed by atoms with Crippen LogP contribution in [0.15, 0.2) is 6.33 Å². The lowest BCUT2D eigenvalue weighted by Crippen LogP contribution is -2.50. The Balaban J connectivity index is 1.21. The second kappa shape index (κ2) is 6.08. The normalized spacial score (nSPS) is 50.7. The highest BCUT2D eigenvalue weighted by Gasteiger charge is 2.84. The Bertz CT molecular complexity index is 863. The number of Topliss-reactive ketones (excluding diaryl/α,β-unsaturated/α-hetero) is 1. The topological polar surface area (TPSA) is 80.9 Å². The van der Waals surface area contributed by atoms with Crippen LogP contribution in [0, 0.1) is 46.8 Å². The molecule has 1 aromatic heterocycles. The lowest BCUT2D eigenvalue weighted by Gasteiger charge is -2.55. The molecule has 6 nitrogen and oxygen atoms in total. The van der Waals surface area contributed by atoms with E-state index < -0.39 is 17.4 Å². The number of hydrogen-bond acceptors (Lipinski definition) is 5. The fraction of sp³-hybridized carbons (Fsp3) is 0.909. The minimum Gasteiger partial charge on any atom is -0.383 e. The number of rotatable bonds is 3. The van der Waals surface area contributed by atoms with Gasteiger partial charge >= 0.3 is 0 Å². The second-order valence-electron chi connectivity index (χ2n) is 11.0. The number of hydrogen-bond donors (Lipinski definition) is 1. The molecule has 5 aliphatic rings. The van der Waals surface area contributed by atoms with Gasteiger partial charge in [-0.3, -0.25) is 4.79 Å². The lowest BCUT2D eigenvalue weighted by molar-refractivity contribution is -0.132. The van der Waals surface area contributed by atoms with Crippen molar-refractivity contribution in [2.24, 2.45) is 46.8 Å². The first-order chi connectivity index (χ1) is 14.3. The van der Waals surface area contributed by atoms with Gasteiger partial charge in [-0.2, -0.15) is 4.80 Å². The van der Waals surface area contributed by atoms with E-state index in [2.05, 4.69) is 22.3 Å². The average Bonchev–Trinajstić information content (AvgIpc) is 3.13. The molecule has 0 spiro atoms. The Hall–Kier alpha value is -1.44. The van der Waals surface area contributed by atoms with Crippen molar-refractivity contribution < 1.29 is 18.7 Å². The van der Waals surface area contributed by atoms with Gasteiger partial charge in [0.25, 0.3) is 5.92 Å². The van der Waals surface area contributed by atoms with Gasteiger partial charge in [0.15, 0.2) is 12.1 Å². The average molecular weight is 421 g/mol. The summed E-state index contributed by atoms with van der Waals surface area (Å²) in [5, 5.41) is 21.9. The Labute approximate surface area is 174 Å². The van der Waals surface area contributed by atoms with Crippen molar-refractivity contribution >= 4 is 5.78 Å². The van der Waals surface area contributed by atoms with Crippen molar-refractivity contribution in [1.82, 2.24) is 20.2 Å². The molecule has 1 heterocycles. The molecular formula is C22H30F2N4O2. The largest absolute Gasteiger partial charge is 0.383 e. The molecule has 0 bridgehead atoms. The maximum absolute atomic E-state index is 14.3. The molecule has 0 aromatic carbocycles. The van der Waals surface area contributed by atoms with Gasteiger partial charge in [0.2, 0.25) is 0 Å². The third-order valence-corrected chi connectivity index (χ3v) is 10.2. The Morgan fingerprint density at radius 2 is 1.80 bits per heavy atom. The number of carbonyl (C=O) groups excluding carboxylic acids is 1. The van der Waals surface area contributed by atoms with Crippen molar-refractivity contribution in [2.75, 3.05) is 0 Å². The highest BCUT2D eigenvalue weighted by atomic mass is 19.3. The van der Waals surface area contributed by atoms with Crippen molar-refractivity contribution in [3.8, 4) is 0 Å². The number of fused-ring (bicyclic) bond motifs is 7. The summed E-state index contributed by atoms with van der Waals surface area (Å²) < 4.78 is 28.7. The number of nitrogens with zero attached hydrogens (tertiary/aromatic N) is 4. The number of tetrazole rings is 1. The first kappa shape index (κ1) is 19.3. The van der Waals surface area contributed by atoms with Gasteiger partial charge in [0, 0.05) is 5.92 Å². The fourth-order valence-corrected chi connectivity index (χ4v) is 8.86. The molecule has 0 aliphatic heterocycles. The van der Waals surface area contributed by atoms with Crippen LogP contribution in [0.2, 0.25) is 0 Å². The molecule has 30 heavy (non-hydrogen) atoms. The molecule has 5 saturated carbocycles. The molecule has 0 saturated heterocycles. The van der Waals surface area contributed by atoms with Crippen LogP contribution in [-0.4, -0.2) is 42.6 Å². The first-order valence-electron chi connectivity index (χ1n) is 11.6. The summed E-state index contributed by atoms with van der Waals surface area (Å²) in [4.78, 5) is 14.4. The minimum atomic E-state index is -2.89. The summed E-state index contributed by atoms with van der Waals surface area (Å²) in [5.41, 5.74) is -1.73.